The maximum Gasteiger partial charge on any atom is 0.115 e. The molecule has 1 aliphatic heterocycles. The lowest BCUT2D eigenvalue weighted by Crippen LogP contribution is -2.14. The van der Waals surface area contributed by atoms with E-state index in [2.05, 4.69) is 29.1 Å². The maximum atomic E-state index is 4.56. The van der Waals surface area contributed by atoms with Crippen molar-refractivity contribution in [1.82, 2.24) is 15.3 Å². The van der Waals surface area contributed by atoms with Crippen molar-refractivity contribution in [2.24, 2.45) is 5.92 Å². The summed E-state index contributed by atoms with van der Waals surface area (Å²) in [4.78, 5) is 8.75. The minimum Gasteiger partial charge on any atom is -0.317 e. The predicted molar refractivity (Wildman–Crippen MR) is 70.0 cm³/mol. The highest BCUT2D eigenvalue weighted by Gasteiger charge is 2.18. The Labute approximate surface area is 104 Å². The molecule has 1 aliphatic rings. The minimum atomic E-state index is 0.627. The molecule has 3 heteroatoms. The van der Waals surface area contributed by atoms with Crippen molar-refractivity contribution in [1.29, 1.82) is 0 Å². The van der Waals surface area contributed by atoms with Gasteiger partial charge in [-0.2, -0.15) is 0 Å². The zero-order chi connectivity index (χ0) is 12.1. The van der Waals surface area contributed by atoms with Crippen LogP contribution in [0.2, 0.25) is 0 Å². The average Bonchev–Trinajstić information content (AvgIpc) is 2.57. The van der Waals surface area contributed by atoms with Gasteiger partial charge in [0.2, 0.25) is 0 Å². The molecule has 1 unspecified atom stereocenters. The zero-order valence-corrected chi connectivity index (χ0v) is 10.9. The fourth-order valence-corrected chi connectivity index (χ4v) is 2.63. The van der Waals surface area contributed by atoms with Crippen molar-refractivity contribution < 1.29 is 0 Å². The van der Waals surface area contributed by atoms with E-state index in [0.717, 1.165) is 19.5 Å². The molecular formula is C14H23N3. The van der Waals surface area contributed by atoms with E-state index in [0.29, 0.717) is 11.8 Å². The zero-order valence-electron chi connectivity index (χ0n) is 10.9. The standard InChI is InChI=1S/C14H23N3/c1-11(2)8-13-9-16-10-17-14(13)12-4-3-6-15-7-5-12/h9-12,15H,3-8H2,1-2H3. The van der Waals surface area contributed by atoms with Crippen molar-refractivity contribution in [2.75, 3.05) is 13.1 Å². The SMILES string of the molecule is CC(C)Cc1cncnc1C1CCCNCC1. The van der Waals surface area contributed by atoms with E-state index in [4.69, 9.17) is 0 Å². The first kappa shape index (κ1) is 12.5. The van der Waals surface area contributed by atoms with E-state index in [9.17, 15) is 0 Å². The Morgan fingerprint density at radius 2 is 2.24 bits per heavy atom. The van der Waals surface area contributed by atoms with Gasteiger partial charge < -0.3 is 5.32 Å². The quantitative estimate of drug-likeness (QED) is 0.871. The van der Waals surface area contributed by atoms with Crippen LogP contribution in [-0.4, -0.2) is 23.1 Å². The molecule has 1 N–H and O–H groups in total. The summed E-state index contributed by atoms with van der Waals surface area (Å²) in [6.45, 7) is 6.79. The maximum absolute atomic E-state index is 4.56. The normalized spacial score (nSPS) is 21.5. The number of aromatic nitrogens is 2. The second kappa shape index (κ2) is 6.10. The summed E-state index contributed by atoms with van der Waals surface area (Å²) < 4.78 is 0. The van der Waals surface area contributed by atoms with Crippen LogP contribution in [0.25, 0.3) is 0 Å². The van der Waals surface area contributed by atoms with Gasteiger partial charge in [0.05, 0.1) is 5.69 Å². The Morgan fingerprint density at radius 1 is 1.35 bits per heavy atom. The van der Waals surface area contributed by atoms with Gasteiger partial charge in [-0.05, 0) is 50.3 Å². The molecule has 0 spiro atoms. The molecule has 94 valence electrons. The van der Waals surface area contributed by atoms with Gasteiger partial charge in [-0.15, -0.1) is 0 Å². The molecule has 1 atom stereocenters. The molecule has 0 aliphatic carbocycles. The molecule has 2 rings (SSSR count). The summed E-state index contributed by atoms with van der Waals surface area (Å²) in [5, 5.41) is 3.46. The van der Waals surface area contributed by atoms with Gasteiger partial charge in [0.1, 0.15) is 6.33 Å². The molecule has 0 amide bonds. The van der Waals surface area contributed by atoms with E-state index < -0.39 is 0 Å². The molecular weight excluding hydrogens is 210 g/mol. The summed E-state index contributed by atoms with van der Waals surface area (Å²) in [5.41, 5.74) is 2.66. The Bertz CT molecular complexity index is 341. The molecule has 1 fully saturated rings. The van der Waals surface area contributed by atoms with Crippen molar-refractivity contribution >= 4 is 0 Å². The van der Waals surface area contributed by atoms with E-state index in [-0.39, 0.29) is 0 Å². The monoisotopic (exact) mass is 233 g/mol. The second-order valence-electron chi connectivity index (χ2n) is 5.41. The number of hydrogen-bond acceptors (Lipinski definition) is 3. The lowest BCUT2D eigenvalue weighted by Gasteiger charge is -2.17. The molecule has 0 bridgehead atoms. The molecule has 2 heterocycles. The van der Waals surface area contributed by atoms with Gasteiger partial charge in [-0.3, -0.25) is 0 Å². The minimum absolute atomic E-state index is 0.627. The van der Waals surface area contributed by atoms with Gasteiger partial charge in [-0.25, -0.2) is 9.97 Å². The van der Waals surface area contributed by atoms with Crippen LogP contribution in [0.15, 0.2) is 12.5 Å². The van der Waals surface area contributed by atoms with Gasteiger partial charge in [0, 0.05) is 12.1 Å². The first-order chi connectivity index (χ1) is 8.27. The van der Waals surface area contributed by atoms with Crippen molar-refractivity contribution in [3.8, 4) is 0 Å². The van der Waals surface area contributed by atoms with Gasteiger partial charge in [0.25, 0.3) is 0 Å². The Kier molecular flexibility index (Phi) is 4.49. The van der Waals surface area contributed by atoms with Crippen molar-refractivity contribution in [2.45, 2.75) is 45.4 Å². The predicted octanol–water partition coefficient (Wildman–Crippen LogP) is 2.53. The first-order valence-electron chi connectivity index (χ1n) is 6.77. The van der Waals surface area contributed by atoms with Crippen LogP contribution >= 0.6 is 0 Å². The number of nitrogens with zero attached hydrogens (tertiary/aromatic N) is 2. The molecule has 3 nitrogen and oxygen atoms in total. The molecule has 0 saturated carbocycles. The smallest absolute Gasteiger partial charge is 0.115 e. The molecule has 0 aromatic carbocycles. The third-order valence-corrected chi connectivity index (χ3v) is 3.41. The second-order valence-corrected chi connectivity index (χ2v) is 5.41. The van der Waals surface area contributed by atoms with E-state index in [1.807, 2.05) is 6.20 Å². The Balaban J connectivity index is 2.17. The van der Waals surface area contributed by atoms with E-state index >= 15 is 0 Å². The number of rotatable bonds is 3. The Hall–Kier alpha value is -0.960. The van der Waals surface area contributed by atoms with Crippen LogP contribution in [-0.2, 0) is 6.42 Å². The number of hydrogen-bond donors (Lipinski definition) is 1. The molecule has 17 heavy (non-hydrogen) atoms. The Morgan fingerprint density at radius 3 is 3.06 bits per heavy atom. The lowest BCUT2D eigenvalue weighted by molar-refractivity contribution is 0.568. The third kappa shape index (κ3) is 3.50. The van der Waals surface area contributed by atoms with Crippen LogP contribution < -0.4 is 5.32 Å². The largest absolute Gasteiger partial charge is 0.317 e. The van der Waals surface area contributed by atoms with E-state index in [1.165, 1.54) is 30.5 Å². The molecule has 0 radical (unpaired) electrons. The van der Waals surface area contributed by atoms with Gasteiger partial charge in [0.15, 0.2) is 0 Å². The molecule has 1 saturated heterocycles. The van der Waals surface area contributed by atoms with E-state index in [1.54, 1.807) is 6.33 Å². The summed E-state index contributed by atoms with van der Waals surface area (Å²) in [5.74, 6) is 1.30. The fraction of sp³-hybridized carbons (Fsp3) is 0.714. The van der Waals surface area contributed by atoms with Crippen LogP contribution in [0, 0.1) is 5.92 Å². The van der Waals surface area contributed by atoms with Crippen LogP contribution in [0.1, 0.15) is 50.3 Å². The van der Waals surface area contributed by atoms with Crippen molar-refractivity contribution in [3.63, 3.8) is 0 Å². The summed E-state index contributed by atoms with van der Waals surface area (Å²) in [6, 6.07) is 0. The third-order valence-electron chi connectivity index (χ3n) is 3.41. The van der Waals surface area contributed by atoms with Crippen LogP contribution in [0.5, 0.6) is 0 Å². The summed E-state index contributed by atoms with van der Waals surface area (Å²) in [7, 11) is 0. The van der Waals surface area contributed by atoms with Gasteiger partial charge >= 0.3 is 0 Å². The van der Waals surface area contributed by atoms with Crippen molar-refractivity contribution in [3.05, 3.63) is 23.8 Å². The summed E-state index contributed by atoms with van der Waals surface area (Å²) in [6.07, 6.45) is 8.55. The molecule has 1 aromatic heterocycles. The first-order valence-corrected chi connectivity index (χ1v) is 6.77. The number of nitrogens with one attached hydrogen (secondary N) is 1. The van der Waals surface area contributed by atoms with Crippen LogP contribution in [0.4, 0.5) is 0 Å². The highest BCUT2D eigenvalue weighted by Crippen LogP contribution is 2.27. The van der Waals surface area contributed by atoms with Crippen LogP contribution in [0.3, 0.4) is 0 Å². The topological polar surface area (TPSA) is 37.8 Å². The van der Waals surface area contributed by atoms with Gasteiger partial charge in [-0.1, -0.05) is 13.8 Å². The average molecular weight is 233 g/mol. The fourth-order valence-electron chi connectivity index (χ4n) is 2.63. The highest BCUT2D eigenvalue weighted by atomic mass is 14.9. The molecule has 1 aromatic rings. The highest BCUT2D eigenvalue weighted by molar-refractivity contribution is 5.21. The summed E-state index contributed by atoms with van der Waals surface area (Å²) >= 11 is 0. The lowest BCUT2D eigenvalue weighted by atomic mass is 9.91.